The number of likely N-dealkylation sites (tertiary alicyclic amines) is 1. The molecular weight excluding hydrogens is 352 g/mol. The number of carbonyl (C=O) groups excluding carboxylic acids is 1. The third-order valence-corrected chi connectivity index (χ3v) is 6.70. The lowest BCUT2D eigenvalue weighted by atomic mass is 10.1. The maximum Gasteiger partial charge on any atom is 0.266 e. The number of ether oxygens (including phenoxy) is 1. The maximum atomic E-state index is 13.3. The van der Waals surface area contributed by atoms with Crippen LogP contribution < -0.4 is 0 Å². The molecule has 2 atom stereocenters. The molecule has 1 amide bonds. The van der Waals surface area contributed by atoms with E-state index in [9.17, 15) is 4.79 Å². The normalized spacial score (nSPS) is 23.9. The number of hydrogen-bond acceptors (Lipinski definition) is 7. The number of methoxy groups -OCH3 is 1. The Hall–Kier alpha value is -1.80. The molecule has 2 aromatic heterocycles. The highest BCUT2D eigenvalue weighted by Gasteiger charge is 2.41. The van der Waals surface area contributed by atoms with Crippen LogP contribution in [0.25, 0.3) is 0 Å². The summed E-state index contributed by atoms with van der Waals surface area (Å²) in [7, 11) is 1.67. The molecule has 1 aliphatic heterocycles. The van der Waals surface area contributed by atoms with Crippen LogP contribution in [0.15, 0.2) is 4.42 Å². The number of thiazole rings is 1. The van der Waals surface area contributed by atoms with E-state index in [1.807, 2.05) is 6.92 Å². The lowest BCUT2D eigenvalue weighted by Crippen LogP contribution is -2.32. The van der Waals surface area contributed by atoms with E-state index in [0.717, 1.165) is 15.6 Å². The van der Waals surface area contributed by atoms with Crippen LogP contribution in [0, 0.1) is 13.8 Å². The van der Waals surface area contributed by atoms with Gasteiger partial charge in [-0.15, -0.1) is 21.5 Å². The summed E-state index contributed by atoms with van der Waals surface area (Å²) in [6.07, 6.45) is 5.51. The van der Waals surface area contributed by atoms with Gasteiger partial charge in [0.2, 0.25) is 11.8 Å². The number of nitrogens with zero attached hydrogens (tertiary/aromatic N) is 4. The molecule has 2 aromatic rings. The minimum Gasteiger partial charge on any atom is -0.423 e. The molecule has 26 heavy (non-hydrogen) atoms. The van der Waals surface area contributed by atoms with Crippen LogP contribution in [0.3, 0.4) is 0 Å². The van der Waals surface area contributed by atoms with E-state index in [4.69, 9.17) is 14.1 Å². The second-order valence-corrected chi connectivity index (χ2v) is 8.20. The van der Waals surface area contributed by atoms with Crippen LogP contribution in [-0.4, -0.2) is 45.7 Å². The van der Waals surface area contributed by atoms with Crippen LogP contribution in [0.4, 0.5) is 0 Å². The first-order chi connectivity index (χ1) is 12.6. The van der Waals surface area contributed by atoms with E-state index < -0.39 is 0 Å². The molecule has 140 valence electrons. The van der Waals surface area contributed by atoms with Gasteiger partial charge in [-0.2, -0.15) is 0 Å². The zero-order chi connectivity index (χ0) is 18.3. The van der Waals surface area contributed by atoms with Crippen molar-refractivity contribution in [3.63, 3.8) is 0 Å². The van der Waals surface area contributed by atoms with Crippen molar-refractivity contribution in [1.82, 2.24) is 20.1 Å². The fraction of sp³-hybridized carbons (Fsp3) is 0.667. The molecule has 1 aliphatic carbocycles. The lowest BCUT2D eigenvalue weighted by molar-refractivity contribution is 0.0677. The van der Waals surface area contributed by atoms with E-state index in [1.54, 1.807) is 30.3 Å². The van der Waals surface area contributed by atoms with Gasteiger partial charge in [0.15, 0.2) is 0 Å². The van der Waals surface area contributed by atoms with Gasteiger partial charge in [0, 0.05) is 32.9 Å². The summed E-state index contributed by atoms with van der Waals surface area (Å²) in [6, 6.07) is -0.245. The van der Waals surface area contributed by atoms with Crippen molar-refractivity contribution in [1.29, 1.82) is 0 Å². The first kappa shape index (κ1) is 17.6. The third-order valence-electron chi connectivity index (χ3n) is 5.40. The van der Waals surface area contributed by atoms with E-state index in [0.29, 0.717) is 30.7 Å². The second-order valence-electron chi connectivity index (χ2n) is 7.17. The van der Waals surface area contributed by atoms with Crippen LogP contribution in [0.1, 0.15) is 76.2 Å². The van der Waals surface area contributed by atoms with Gasteiger partial charge in [-0.3, -0.25) is 4.79 Å². The van der Waals surface area contributed by atoms with Crippen molar-refractivity contribution in [2.45, 2.75) is 64.0 Å². The Bertz CT molecular complexity index is 796. The van der Waals surface area contributed by atoms with Gasteiger partial charge in [0.1, 0.15) is 10.9 Å². The number of rotatable bonds is 4. The number of aryl methyl sites for hydroxylation is 2. The molecule has 0 bridgehead atoms. The average molecular weight is 376 g/mol. The quantitative estimate of drug-likeness (QED) is 0.813. The molecule has 3 heterocycles. The summed E-state index contributed by atoms with van der Waals surface area (Å²) in [5.74, 6) is 1.49. The van der Waals surface area contributed by atoms with Crippen molar-refractivity contribution in [3.05, 3.63) is 27.4 Å². The van der Waals surface area contributed by atoms with Gasteiger partial charge in [-0.1, -0.05) is 12.8 Å². The Labute approximate surface area is 156 Å². The fourth-order valence-electron chi connectivity index (χ4n) is 3.97. The van der Waals surface area contributed by atoms with Gasteiger partial charge in [-0.05, 0) is 19.8 Å². The second kappa shape index (κ2) is 7.08. The minimum absolute atomic E-state index is 0.00958. The molecule has 4 rings (SSSR count). The van der Waals surface area contributed by atoms with Gasteiger partial charge >= 0.3 is 0 Å². The molecule has 1 saturated carbocycles. The largest absolute Gasteiger partial charge is 0.423 e. The number of amides is 1. The molecule has 0 unspecified atom stereocenters. The van der Waals surface area contributed by atoms with Crippen molar-refractivity contribution in [2.75, 3.05) is 13.7 Å². The molecule has 2 fully saturated rings. The summed E-state index contributed by atoms with van der Waals surface area (Å²) in [4.78, 5) is 20.5. The van der Waals surface area contributed by atoms with E-state index in [-0.39, 0.29) is 18.1 Å². The molecule has 1 saturated heterocycles. The molecular formula is C18H24N4O3S. The van der Waals surface area contributed by atoms with Gasteiger partial charge < -0.3 is 14.1 Å². The van der Waals surface area contributed by atoms with Gasteiger partial charge in [0.25, 0.3) is 5.91 Å². The Kier molecular flexibility index (Phi) is 4.79. The van der Waals surface area contributed by atoms with E-state index in [2.05, 4.69) is 10.2 Å². The Morgan fingerprint density at radius 3 is 2.69 bits per heavy atom. The highest BCUT2D eigenvalue weighted by Crippen LogP contribution is 2.39. The topological polar surface area (TPSA) is 81.4 Å². The zero-order valence-electron chi connectivity index (χ0n) is 15.4. The predicted octanol–water partition coefficient (Wildman–Crippen LogP) is 3.40. The first-order valence-electron chi connectivity index (χ1n) is 9.18. The van der Waals surface area contributed by atoms with E-state index >= 15 is 0 Å². The van der Waals surface area contributed by atoms with Crippen LogP contribution >= 0.6 is 11.3 Å². The van der Waals surface area contributed by atoms with Crippen molar-refractivity contribution < 1.29 is 13.9 Å². The summed E-state index contributed by atoms with van der Waals surface area (Å²) in [5, 5.41) is 9.16. The summed E-state index contributed by atoms with van der Waals surface area (Å²) in [5.41, 5.74) is 0.822. The predicted molar refractivity (Wildman–Crippen MR) is 96.3 cm³/mol. The summed E-state index contributed by atoms with van der Waals surface area (Å²) >= 11 is 1.55. The Morgan fingerprint density at radius 2 is 2.04 bits per heavy atom. The van der Waals surface area contributed by atoms with Gasteiger partial charge in [0.05, 0.1) is 16.8 Å². The average Bonchev–Trinajstić information content (AvgIpc) is 3.40. The highest BCUT2D eigenvalue weighted by molar-refractivity contribution is 7.13. The molecule has 7 nitrogen and oxygen atoms in total. The van der Waals surface area contributed by atoms with Crippen molar-refractivity contribution >= 4 is 17.2 Å². The third kappa shape index (κ3) is 3.16. The standard InChI is InChI=1S/C18H24N4O3S/c1-10-15(26-17(19-10)12-6-4-5-7-12)18(23)22-9-13(24-3)8-14(22)16-21-20-11(2)25-16/h12-14H,4-9H2,1-3H3/t13-,14-/m1/s1. The zero-order valence-corrected chi connectivity index (χ0v) is 16.2. The molecule has 0 aromatic carbocycles. The van der Waals surface area contributed by atoms with Crippen LogP contribution in [0.5, 0.6) is 0 Å². The maximum absolute atomic E-state index is 13.3. The summed E-state index contributed by atoms with van der Waals surface area (Å²) < 4.78 is 11.1. The Morgan fingerprint density at radius 1 is 1.27 bits per heavy atom. The van der Waals surface area contributed by atoms with Crippen molar-refractivity contribution in [3.8, 4) is 0 Å². The number of aromatic nitrogens is 3. The molecule has 2 aliphatic rings. The van der Waals surface area contributed by atoms with E-state index in [1.165, 1.54) is 25.7 Å². The SMILES string of the molecule is CO[C@@H]1C[C@H](c2nnc(C)o2)N(C(=O)c2sc(C3CCCC3)nc2C)C1. The monoisotopic (exact) mass is 376 g/mol. The van der Waals surface area contributed by atoms with Crippen molar-refractivity contribution in [2.24, 2.45) is 0 Å². The molecule has 8 heteroatoms. The fourth-order valence-corrected chi connectivity index (χ4v) is 5.16. The smallest absolute Gasteiger partial charge is 0.266 e. The molecule has 0 radical (unpaired) electrons. The Balaban J connectivity index is 1.61. The van der Waals surface area contributed by atoms with Crippen LogP contribution in [0.2, 0.25) is 0 Å². The number of hydrogen-bond donors (Lipinski definition) is 0. The van der Waals surface area contributed by atoms with Gasteiger partial charge in [-0.25, -0.2) is 4.98 Å². The first-order valence-corrected chi connectivity index (χ1v) is 9.99. The highest BCUT2D eigenvalue weighted by atomic mass is 32.1. The molecule has 0 N–H and O–H groups in total. The lowest BCUT2D eigenvalue weighted by Gasteiger charge is -2.21. The van der Waals surface area contributed by atoms with Crippen LogP contribution in [-0.2, 0) is 4.74 Å². The minimum atomic E-state index is -0.245. The number of carbonyl (C=O) groups is 1. The summed E-state index contributed by atoms with van der Waals surface area (Å²) in [6.45, 7) is 4.21. The molecule has 0 spiro atoms.